The highest BCUT2D eigenvalue weighted by molar-refractivity contribution is 6.30. The summed E-state index contributed by atoms with van der Waals surface area (Å²) in [5.41, 5.74) is 1.13. The van der Waals surface area contributed by atoms with Crippen LogP contribution in [0.1, 0.15) is 0 Å². The summed E-state index contributed by atoms with van der Waals surface area (Å²) in [6, 6.07) is 5.78. The molecule has 1 aromatic carbocycles. The van der Waals surface area contributed by atoms with Crippen molar-refractivity contribution < 1.29 is 4.74 Å². The third-order valence-corrected chi connectivity index (χ3v) is 2.83. The molecule has 1 aromatic rings. The molecule has 0 spiro atoms. The fraction of sp³-hybridized carbons (Fsp3) is 0.455. The van der Waals surface area contributed by atoms with Crippen molar-refractivity contribution in [2.45, 2.75) is 0 Å². The monoisotopic (exact) mass is 298 g/mol. The average Bonchev–Trinajstić information content (AvgIpc) is 2.30. The van der Waals surface area contributed by atoms with E-state index in [2.05, 4.69) is 10.2 Å². The van der Waals surface area contributed by atoms with Gasteiger partial charge in [-0.3, -0.25) is 0 Å². The van der Waals surface area contributed by atoms with Gasteiger partial charge in [0, 0.05) is 37.3 Å². The first kappa shape index (κ1) is 16.6. The van der Waals surface area contributed by atoms with Crippen LogP contribution in [0.3, 0.4) is 0 Å². The van der Waals surface area contributed by atoms with Gasteiger partial charge in [0.2, 0.25) is 0 Å². The minimum Gasteiger partial charge on any atom is -0.495 e. The number of hydrogen-bond donors (Lipinski definition) is 1. The van der Waals surface area contributed by atoms with Crippen LogP contribution in [0.4, 0.5) is 5.69 Å². The SMILES string of the molecule is COc1cc(Cl)ccc1N1CCNCC1.Cl.Cl. The van der Waals surface area contributed by atoms with E-state index in [1.54, 1.807) is 7.11 Å². The Balaban J connectivity index is 0.00000128. The molecule has 0 saturated carbocycles. The first-order valence-electron chi connectivity index (χ1n) is 5.10. The zero-order valence-electron chi connectivity index (χ0n) is 9.61. The molecule has 98 valence electrons. The lowest BCUT2D eigenvalue weighted by Gasteiger charge is -2.30. The van der Waals surface area contributed by atoms with E-state index in [0.717, 1.165) is 37.6 Å². The van der Waals surface area contributed by atoms with Crippen LogP contribution in [0, 0.1) is 0 Å². The molecular weight excluding hydrogens is 282 g/mol. The van der Waals surface area contributed by atoms with Crippen molar-refractivity contribution in [1.82, 2.24) is 5.32 Å². The van der Waals surface area contributed by atoms with Gasteiger partial charge in [0.05, 0.1) is 12.8 Å². The average molecular weight is 300 g/mol. The number of nitrogens with one attached hydrogen (secondary N) is 1. The van der Waals surface area contributed by atoms with Gasteiger partial charge in [0.1, 0.15) is 5.75 Å². The van der Waals surface area contributed by atoms with Gasteiger partial charge in [0.15, 0.2) is 0 Å². The number of anilines is 1. The number of nitrogens with zero attached hydrogens (tertiary/aromatic N) is 1. The summed E-state index contributed by atoms with van der Waals surface area (Å²) in [5.74, 6) is 0.851. The van der Waals surface area contributed by atoms with Crippen molar-refractivity contribution in [2.24, 2.45) is 0 Å². The lowest BCUT2D eigenvalue weighted by Crippen LogP contribution is -2.43. The van der Waals surface area contributed by atoms with E-state index in [4.69, 9.17) is 16.3 Å². The topological polar surface area (TPSA) is 24.5 Å². The zero-order valence-corrected chi connectivity index (χ0v) is 12.0. The van der Waals surface area contributed by atoms with Crippen molar-refractivity contribution in [2.75, 3.05) is 38.2 Å². The van der Waals surface area contributed by atoms with E-state index in [-0.39, 0.29) is 24.8 Å². The maximum Gasteiger partial charge on any atom is 0.143 e. The Kier molecular flexibility index (Phi) is 7.71. The summed E-state index contributed by atoms with van der Waals surface area (Å²) in [7, 11) is 1.68. The Bertz CT molecular complexity index is 343. The van der Waals surface area contributed by atoms with Gasteiger partial charge in [-0.1, -0.05) is 11.6 Å². The van der Waals surface area contributed by atoms with Gasteiger partial charge in [-0.05, 0) is 12.1 Å². The highest BCUT2D eigenvalue weighted by Gasteiger charge is 2.14. The maximum absolute atomic E-state index is 5.92. The standard InChI is InChI=1S/C11H15ClN2O.2ClH/c1-15-11-8-9(12)2-3-10(11)14-6-4-13-5-7-14;;/h2-3,8,13H,4-7H2,1H3;2*1H. The maximum atomic E-state index is 5.92. The molecule has 6 heteroatoms. The molecule has 3 nitrogen and oxygen atoms in total. The second kappa shape index (κ2) is 7.88. The summed E-state index contributed by atoms with van der Waals surface area (Å²) in [5, 5.41) is 4.04. The second-order valence-electron chi connectivity index (χ2n) is 3.55. The molecule has 0 aliphatic carbocycles. The van der Waals surface area contributed by atoms with Crippen LogP contribution in [0.15, 0.2) is 18.2 Å². The van der Waals surface area contributed by atoms with Crippen LogP contribution in [0.25, 0.3) is 0 Å². The van der Waals surface area contributed by atoms with Crippen LogP contribution >= 0.6 is 36.4 Å². The Morgan fingerprint density at radius 3 is 2.47 bits per heavy atom. The van der Waals surface area contributed by atoms with Crippen LogP contribution in [0.5, 0.6) is 5.75 Å². The first-order valence-corrected chi connectivity index (χ1v) is 5.48. The molecule has 2 rings (SSSR count). The molecular formula is C11H17Cl3N2O. The molecule has 0 atom stereocenters. The highest BCUT2D eigenvalue weighted by atomic mass is 35.5. The van der Waals surface area contributed by atoms with E-state index in [1.807, 2.05) is 18.2 Å². The van der Waals surface area contributed by atoms with Gasteiger partial charge in [-0.15, -0.1) is 24.8 Å². The smallest absolute Gasteiger partial charge is 0.143 e. The number of halogens is 3. The zero-order chi connectivity index (χ0) is 10.7. The molecule has 0 radical (unpaired) electrons. The third kappa shape index (κ3) is 4.11. The number of piperazine rings is 1. The van der Waals surface area contributed by atoms with E-state index < -0.39 is 0 Å². The number of benzene rings is 1. The van der Waals surface area contributed by atoms with Crippen LogP contribution in [-0.4, -0.2) is 33.3 Å². The van der Waals surface area contributed by atoms with Crippen LogP contribution < -0.4 is 15.0 Å². The number of rotatable bonds is 2. The summed E-state index contributed by atoms with van der Waals surface area (Å²) < 4.78 is 5.33. The molecule has 0 amide bonds. The number of hydrogen-bond acceptors (Lipinski definition) is 3. The summed E-state index contributed by atoms with van der Waals surface area (Å²) in [6.07, 6.45) is 0. The first-order chi connectivity index (χ1) is 7.31. The molecule has 1 fully saturated rings. The predicted octanol–water partition coefficient (Wildman–Crippen LogP) is 2.60. The van der Waals surface area contributed by atoms with Gasteiger partial charge in [-0.25, -0.2) is 0 Å². The molecule has 1 N–H and O–H groups in total. The van der Waals surface area contributed by atoms with Gasteiger partial charge in [0.25, 0.3) is 0 Å². The molecule has 1 aliphatic rings. The molecule has 1 aliphatic heterocycles. The van der Waals surface area contributed by atoms with Crippen molar-refractivity contribution in [3.63, 3.8) is 0 Å². The fourth-order valence-corrected chi connectivity index (χ4v) is 1.98. The van der Waals surface area contributed by atoms with Gasteiger partial charge in [-0.2, -0.15) is 0 Å². The minimum atomic E-state index is 0. The van der Waals surface area contributed by atoms with Crippen LogP contribution in [-0.2, 0) is 0 Å². The van der Waals surface area contributed by atoms with Crippen molar-refractivity contribution in [3.05, 3.63) is 23.2 Å². The highest BCUT2D eigenvalue weighted by Crippen LogP contribution is 2.31. The molecule has 0 unspecified atom stereocenters. The van der Waals surface area contributed by atoms with Crippen LogP contribution in [0.2, 0.25) is 5.02 Å². The lowest BCUT2D eigenvalue weighted by atomic mass is 10.2. The Morgan fingerprint density at radius 2 is 1.88 bits per heavy atom. The van der Waals surface area contributed by atoms with Crippen molar-refractivity contribution in [3.8, 4) is 5.75 Å². The molecule has 17 heavy (non-hydrogen) atoms. The Labute approximate surface area is 119 Å². The fourth-order valence-electron chi connectivity index (χ4n) is 1.82. The summed E-state index contributed by atoms with van der Waals surface area (Å²) >= 11 is 5.92. The quantitative estimate of drug-likeness (QED) is 0.908. The summed E-state index contributed by atoms with van der Waals surface area (Å²) in [6.45, 7) is 4.06. The van der Waals surface area contributed by atoms with Crippen molar-refractivity contribution >= 4 is 42.1 Å². The Morgan fingerprint density at radius 1 is 1.24 bits per heavy atom. The number of methoxy groups -OCH3 is 1. The molecule has 1 saturated heterocycles. The summed E-state index contributed by atoms with van der Waals surface area (Å²) in [4.78, 5) is 2.31. The van der Waals surface area contributed by atoms with E-state index in [9.17, 15) is 0 Å². The predicted molar refractivity (Wildman–Crippen MR) is 77.6 cm³/mol. The second-order valence-corrected chi connectivity index (χ2v) is 3.99. The van der Waals surface area contributed by atoms with E-state index in [0.29, 0.717) is 5.02 Å². The lowest BCUT2D eigenvalue weighted by molar-refractivity contribution is 0.413. The third-order valence-electron chi connectivity index (χ3n) is 2.60. The van der Waals surface area contributed by atoms with E-state index in [1.165, 1.54) is 0 Å². The van der Waals surface area contributed by atoms with Crippen molar-refractivity contribution in [1.29, 1.82) is 0 Å². The molecule has 1 heterocycles. The molecule has 0 bridgehead atoms. The minimum absolute atomic E-state index is 0. The number of ether oxygens (including phenoxy) is 1. The normalized spacial score (nSPS) is 14.6. The largest absolute Gasteiger partial charge is 0.495 e. The van der Waals surface area contributed by atoms with E-state index >= 15 is 0 Å². The van der Waals surface area contributed by atoms with Gasteiger partial charge < -0.3 is 15.0 Å². The van der Waals surface area contributed by atoms with Gasteiger partial charge >= 0.3 is 0 Å². The Hall–Kier alpha value is -0.350. The molecule has 0 aromatic heterocycles.